The minimum atomic E-state index is -4.24. The second-order valence-corrected chi connectivity index (χ2v) is 5.24. The lowest BCUT2D eigenvalue weighted by molar-refractivity contribution is -0.175. The molecule has 1 rings (SSSR count). The Kier molecular flexibility index (Phi) is 6.56. The van der Waals surface area contributed by atoms with Gasteiger partial charge in [-0.25, -0.2) is 0 Å². The van der Waals surface area contributed by atoms with Crippen molar-refractivity contribution in [2.45, 2.75) is 50.7 Å². The van der Waals surface area contributed by atoms with Gasteiger partial charge in [-0.3, -0.25) is 4.90 Å². The Balaban J connectivity index is 2.42. The average molecular weight is 282 g/mol. The molecule has 1 aliphatic carbocycles. The van der Waals surface area contributed by atoms with E-state index in [0.717, 1.165) is 32.2 Å². The third-order valence-corrected chi connectivity index (χ3v) is 3.99. The van der Waals surface area contributed by atoms with Crippen molar-refractivity contribution in [3.8, 4) is 0 Å². The molecule has 0 saturated heterocycles. The van der Waals surface area contributed by atoms with E-state index in [-0.39, 0.29) is 12.1 Å². The number of alkyl halides is 3. The van der Waals surface area contributed by atoms with Gasteiger partial charge in [0.1, 0.15) is 6.61 Å². The Morgan fingerprint density at radius 1 is 1.21 bits per heavy atom. The second kappa shape index (κ2) is 7.45. The molecule has 2 N–H and O–H groups in total. The highest BCUT2D eigenvalue weighted by atomic mass is 19.4. The van der Waals surface area contributed by atoms with Gasteiger partial charge in [-0.1, -0.05) is 26.2 Å². The summed E-state index contributed by atoms with van der Waals surface area (Å²) >= 11 is 0. The molecule has 0 atom stereocenters. The minimum Gasteiger partial charge on any atom is -0.371 e. The fourth-order valence-electron chi connectivity index (χ4n) is 2.95. The molecule has 0 aromatic heterocycles. The summed E-state index contributed by atoms with van der Waals surface area (Å²) in [6.07, 6.45) is 1.36. The van der Waals surface area contributed by atoms with Gasteiger partial charge in [-0.2, -0.15) is 13.2 Å². The van der Waals surface area contributed by atoms with Crippen LogP contribution in [0.1, 0.15) is 39.0 Å². The normalized spacial score (nSPS) is 19.9. The zero-order valence-electron chi connectivity index (χ0n) is 11.6. The van der Waals surface area contributed by atoms with Crippen LogP contribution in [0, 0.1) is 0 Å². The fourth-order valence-corrected chi connectivity index (χ4v) is 2.95. The maximum absolute atomic E-state index is 12.0. The van der Waals surface area contributed by atoms with E-state index < -0.39 is 12.8 Å². The number of ether oxygens (including phenoxy) is 1. The first-order valence-electron chi connectivity index (χ1n) is 7.03. The molecular formula is C13H25F3N2O. The lowest BCUT2D eigenvalue weighted by atomic mass is 9.80. The largest absolute Gasteiger partial charge is 0.411 e. The van der Waals surface area contributed by atoms with Gasteiger partial charge in [0.2, 0.25) is 0 Å². The SMILES string of the molecule is CCN(CCOCC(F)(F)F)C1(CN)CCCCC1. The van der Waals surface area contributed by atoms with E-state index in [9.17, 15) is 13.2 Å². The summed E-state index contributed by atoms with van der Waals surface area (Å²) in [6.45, 7) is 2.85. The van der Waals surface area contributed by atoms with Crippen LogP contribution in [-0.4, -0.2) is 49.5 Å². The fraction of sp³-hybridized carbons (Fsp3) is 1.00. The maximum atomic E-state index is 12.0. The number of rotatable bonds is 7. The highest BCUT2D eigenvalue weighted by molar-refractivity contribution is 4.93. The van der Waals surface area contributed by atoms with Gasteiger partial charge < -0.3 is 10.5 Å². The Morgan fingerprint density at radius 2 is 1.84 bits per heavy atom. The summed E-state index contributed by atoms with van der Waals surface area (Å²) in [5.74, 6) is 0. The molecule has 114 valence electrons. The second-order valence-electron chi connectivity index (χ2n) is 5.24. The minimum absolute atomic E-state index is 0.0331. The number of nitrogens with two attached hydrogens (primary N) is 1. The number of likely N-dealkylation sites (N-methyl/N-ethyl adjacent to an activating group) is 1. The monoisotopic (exact) mass is 282 g/mol. The molecule has 0 aliphatic heterocycles. The predicted molar refractivity (Wildman–Crippen MR) is 69.0 cm³/mol. The molecule has 0 radical (unpaired) electrons. The van der Waals surface area contributed by atoms with E-state index in [1.165, 1.54) is 6.42 Å². The molecule has 0 aromatic rings. The third kappa shape index (κ3) is 5.28. The molecule has 0 bridgehead atoms. The molecule has 1 fully saturated rings. The van der Waals surface area contributed by atoms with E-state index in [0.29, 0.717) is 13.1 Å². The van der Waals surface area contributed by atoms with Gasteiger partial charge >= 0.3 is 6.18 Å². The molecule has 0 heterocycles. The molecule has 3 nitrogen and oxygen atoms in total. The number of halogens is 3. The summed E-state index contributed by atoms with van der Waals surface area (Å²) in [5, 5.41) is 0. The summed E-state index contributed by atoms with van der Waals surface area (Å²) in [4.78, 5) is 2.20. The summed E-state index contributed by atoms with van der Waals surface area (Å²) < 4.78 is 40.7. The third-order valence-electron chi connectivity index (χ3n) is 3.99. The molecule has 19 heavy (non-hydrogen) atoms. The Morgan fingerprint density at radius 3 is 2.32 bits per heavy atom. The molecule has 0 amide bonds. The van der Waals surface area contributed by atoms with Crippen LogP contribution in [-0.2, 0) is 4.74 Å². The van der Waals surface area contributed by atoms with Gasteiger partial charge in [-0.15, -0.1) is 0 Å². The van der Waals surface area contributed by atoms with Crippen LogP contribution in [0.15, 0.2) is 0 Å². The van der Waals surface area contributed by atoms with Gasteiger partial charge in [0.15, 0.2) is 0 Å². The van der Waals surface area contributed by atoms with Gasteiger partial charge in [0, 0.05) is 18.6 Å². The van der Waals surface area contributed by atoms with Crippen molar-refractivity contribution in [1.82, 2.24) is 4.90 Å². The first-order chi connectivity index (χ1) is 8.93. The average Bonchev–Trinajstić information content (AvgIpc) is 2.38. The van der Waals surface area contributed by atoms with Crippen molar-refractivity contribution in [2.75, 3.05) is 32.8 Å². The van der Waals surface area contributed by atoms with Crippen molar-refractivity contribution in [1.29, 1.82) is 0 Å². The van der Waals surface area contributed by atoms with Crippen LogP contribution in [0.5, 0.6) is 0 Å². The van der Waals surface area contributed by atoms with Crippen molar-refractivity contribution in [3.63, 3.8) is 0 Å². The van der Waals surface area contributed by atoms with Crippen LogP contribution in [0.4, 0.5) is 13.2 Å². The van der Waals surface area contributed by atoms with Gasteiger partial charge in [0.05, 0.1) is 6.61 Å². The topological polar surface area (TPSA) is 38.5 Å². The van der Waals surface area contributed by atoms with Crippen LogP contribution in [0.2, 0.25) is 0 Å². The molecule has 1 saturated carbocycles. The number of nitrogens with zero attached hydrogens (tertiary/aromatic N) is 1. The molecule has 6 heteroatoms. The van der Waals surface area contributed by atoms with Crippen molar-refractivity contribution in [3.05, 3.63) is 0 Å². The lowest BCUT2D eigenvalue weighted by Gasteiger charge is -2.45. The van der Waals surface area contributed by atoms with Gasteiger partial charge in [0.25, 0.3) is 0 Å². The molecule has 0 spiro atoms. The van der Waals surface area contributed by atoms with Crippen LogP contribution < -0.4 is 5.73 Å². The zero-order valence-corrected chi connectivity index (χ0v) is 11.6. The lowest BCUT2D eigenvalue weighted by Crippen LogP contribution is -2.55. The summed E-state index contributed by atoms with van der Waals surface area (Å²) in [5.41, 5.74) is 5.89. The summed E-state index contributed by atoms with van der Waals surface area (Å²) in [6, 6.07) is 0. The highest BCUT2D eigenvalue weighted by Gasteiger charge is 2.35. The standard InChI is InChI=1S/C13H25F3N2O/c1-2-18(8-9-19-11-13(14,15)16)12(10-17)6-4-3-5-7-12/h2-11,17H2,1H3. The molecule has 1 aliphatic rings. The Hall–Kier alpha value is -0.330. The van der Waals surface area contributed by atoms with Gasteiger partial charge in [-0.05, 0) is 19.4 Å². The van der Waals surface area contributed by atoms with Crippen molar-refractivity contribution < 1.29 is 17.9 Å². The van der Waals surface area contributed by atoms with E-state index in [2.05, 4.69) is 4.90 Å². The quantitative estimate of drug-likeness (QED) is 0.729. The predicted octanol–water partition coefficient (Wildman–Crippen LogP) is 2.55. The van der Waals surface area contributed by atoms with E-state index >= 15 is 0 Å². The summed E-state index contributed by atoms with van der Waals surface area (Å²) in [7, 11) is 0. The van der Waals surface area contributed by atoms with E-state index in [1.807, 2.05) is 6.92 Å². The molecule has 0 aromatic carbocycles. The highest BCUT2D eigenvalue weighted by Crippen LogP contribution is 2.32. The van der Waals surface area contributed by atoms with E-state index in [4.69, 9.17) is 10.5 Å². The number of hydrogen-bond acceptors (Lipinski definition) is 3. The number of hydrogen-bond donors (Lipinski definition) is 1. The Labute approximate surface area is 113 Å². The van der Waals surface area contributed by atoms with E-state index in [1.54, 1.807) is 0 Å². The molecular weight excluding hydrogens is 257 g/mol. The van der Waals surface area contributed by atoms with Crippen LogP contribution >= 0.6 is 0 Å². The first-order valence-corrected chi connectivity index (χ1v) is 7.03. The smallest absolute Gasteiger partial charge is 0.371 e. The Bertz CT molecular complexity index is 253. The maximum Gasteiger partial charge on any atom is 0.411 e. The van der Waals surface area contributed by atoms with Crippen LogP contribution in [0.25, 0.3) is 0 Å². The first kappa shape index (κ1) is 16.7. The molecule has 0 unspecified atom stereocenters. The van der Waals surface area contributed by atoms with Crippen molar-refractivity contribution >= 4 is 0 Å². The van der Waals surface area contributed by atoms with Crippen LogP contribution in [0.3, 0.4) is 0 Å². The zero-order chi connectivity index (χ0) is 14.4. The van der Waals surface area contributed by atoms with Crippen molar-refractivity contribution in [2.24, 2.45) is 5.73 Å².